The molecule has 220 valence electrons. The third kappa shape index (κ3) is 6.04. The number of nitrogens with one attached hydrogen (secondary N) is 3. The number of halogens is 1. The number of nitrogens with two attached hydrogens (primary N) is 1. The monoisotopic (exact) mass is 578 g/mol. The number of hydrogen-bond acceptors (Lipinski definition) is 8. The van der Waals surface area contributed by atoms with Crippen LogP contribution in [0, 0.1) is 5.82 Å². The van der Waals surface area contributed by atoms with Crippen LogP contribution in [0.25, 0.3) is 51.8 Å². The number of pyridine rings is 1. The van der Waals surface area contributed by atoms with Crippen molar-refractivity contribution in [3.05, 3.63) is 77.1 Å². The molecule has 0 spiro atoms. The summed E-state index contributed by atoms with van der Waals surface area (Å²) >= 11 is 0. The van der Waals surface area contributed by atoms with E-state index in [0.29, 0.717) is 29.2 Å². The first-order chi connectivity index (χ1) is 20.7. The lowest BCUT2D eigenvalue weighted by atomic mass is 10.1. The molecule has 1 aliphatic rings. The molecule has 0 unspecified atom stereocenters. The summed E-state index contributed by atoms with van der Waals surface area (Å²) in [6, 6.07) is 9.01. The molecule has 11 heteroatoms. The van der Waals surface area contributed by atoms with Gasteiger partial charge in [-0.15, -0.1) is 0 Å². The van der Waals surface area contributed by atoms with Crippen molar-refractivity contribution < 1.29 is 4.39 Å². The topological polar surface area (TPSA) is 128 Å². The van der Waals surface area contributed by atoms with E-state index in [2.05, 4.69) is 46.8 Å². The van der Waals surface area contributed by atoms with Gasteiger partial charge >= 0.3 is 0 Å². The van der Waals surface area contributed by atoms with Crippen molar-refractivity contribution in [2.45, 2.75) is 13.0 Å². The second-order valence-electron chi connectivity index (χ2n) is 11.2. The first-order valence-corrected chi connectivity index (χ1v) is 14.2. The van der Waals surface area contributed by atoms with Crippen molar-refractivity contribution >= 4 is 40.6 Å². The maximum Gasteiger partial charge on any atom is 0.147 e. The van der Waals surface area contributed by atoms with Gasteiger partial charge in [-0.3, -0.25) is 15.1 Å². The summed E-state index contributed by atoms with van der Waals surface area (Å²) in [5.41, 5.74) is 12.1. The molecule has 0 radical (unpaired) electrons. The SMILES string of the molecule is C=c1c(-c2cc3c(-c4cc(F)cc(NCCN(C)C)c4)nccc3[nH]2)n[nH]/c1=C/C=C(\C)c1cncc(N2CC(N)C2)n1. The molecular weight excluding hydrogens is 543 g/mol. The fraction of sp³-hybridized carbons (Fsp3) is 0.250. The largest absolute Gasteiger partial charge is 0.384 e. The smallest absolute Gasteiger partial charge is 0.147 e. The van der Waals surface area contributed by atoms with Crippen molar-refractivity contribution in [3.63, 3.8) is 0 Å². The zero-order chi connectivity index (χ0) is 30.1. The Labute approximate surface area is 248 Å². The number of likely N-dealkylation sites (N-methyl/N-ethyl adjacent to an activating group) is 1. The van der Waals surface area contributed by atoms with Crippen LogP contribution in [0.1, 0.15) is 12.6 Å². The van der Waals surface area contributed by atoms with Gasteiger partial charge in [-0.05, 0) is 63.0 Å². The summed E-state index contributed by atoms with van der Waals surface area (Å²) in [5.74, 6) is 0.508. The second kappa shape index (κ2) is 11.8. The number of aromatic amines is 2. The molecule has 0 aliphatic carbocycles. The van der Waals surface area contributed by atoms with E-state index in [1.807, 2.05) is 51.4 Å². The number of fused-ring (bicyclic) bond motifs is 1. The van der Waals surface area contributed by atoms with Gasteiger partial charge in [0.25, 0.3) is 0 Å². The standard InChI is InChI=1S/C32H35FN10/c1-19(29-15-35-16-30(39-29)43-17-23(34)18-43)5-6-26-20(2)31(41-40-26)28-14-25-27(38-28)7-8-37-32(25)21-11-22(33)13-24(12-21)36-9-10-42(3)4/h5-8,11-16,23,36,38,40H,2,9-10,17-18,34H2,1,3-4H3/b19-5+,26-6+. The van der Waals surface area contributed by atoms with E-state index in [4.69, 9.17) is 10.7 Å². The number of aromatic nitrogens is 6. The lowest BCUT2D eigenvalue weighted by molar-refractivity contribution is 0.425. The van der Waals surface area contributed by atoms with Crippen LogP contribution in [-0.4, -0.2) is 81.3 Å². The van der Waals surface area contributed by atoms with Gasteiger partial charge in [0.15, 0.2) is 0 Å². The molecule has 6 rings (SSSR count). The van der Waals surface area contributed by atoms with Crippen molar-refractivity contribution in [3.8, 4) is 22.6 Å². The number of anilines is 2. The van der Waals surface area contributed by atoms with Gasteiger partial charge in [-0.1, -0.05) is 12.7 Å². The molecule has 1 fully saturated rings. The third-order valence-electron chi connectivity index (χ3n) is 7.52. The first-order valence-electron chi connectivity index (χ1n) is 14.2. The predicted molar refractivity (Wildman–Crippen MR) is 171 cm³/mol. The van der Waals surface area contributed by atoms with Crippen LogP contribution in [0.4, 0.5) is 15.9 Å². The summed E-state index contributed by atoms with van der Waals surface area (Å²) in [6.45, 7) is 9.40. The lowest BCUT2D eigenvalue weighted by Gasteiger charge is -2.37. The van der Waals surface area contributed by atoms with Crippen LogP contribution in [0.2, 0.25) is 0 Å². The highest BCUT2D eigenvalue weighted by Crippen LogP contribution is 2.31. The highest BCUT2D eigenvalue weighted by Gasteiger charge is 2.24. The van der Waals surface area contributed by atoms with E-state index in [0.717, 1.165) is 63.9 Å². The van der Waals surface area contributed by atoms with Gasteiger partial charge in [0.2, 0.25) is 0 Å². The van der Waals surface area contributed by atoms with Gasteiger partial charge in [0.1, 0.15) is 17.3 Å². The minimum Gasteiger partial charge on any atom is -0.384 e. The molecule has 10 nitrogen and oxygen atoms in total. The van der Waals surface area contributed by atoms with Crippen molar-refractivity contribution in [2.24, 2.45) is 5.73 Å². The van der Waals surface area contributed by atoms with Gasteiger partial charge < -0.3 is 25.8 Å². The highest BCUT2D eigenvalue weighted by atomic mass is 19.1. The van der Waals surface area contributed by atoms with E-state index in [1.165, 1.54) is 12.1 Å². The van der Waals surface area contributed by atoms with Crippen molar-refractivity contribution in [2.75, 3.05) is 50.5 Å². The van der Waals surface area contributed by atoms with E-state index < -0.39 is 0 Å². The molecule has 0 amide bonds. The summed E-state index contributed by atoms with van der Waals surface area (Å²) < 4.78 is 14.6. The molecule has 4 aromatic heterocycles. The van der Waals surface area contributed by atoms with Gasteiger partial charge in [-0.2, -0.15) is 5.10 Å². The lowest BCUT2D eigenvalue weighted by Crippen LogP contribution is -2.56. The Morgan fingerprint density at radius 2 is 2.05 bits per heavy atom. The van der Waals surface area contributed by atoms with Crippen LogP contribution in [0.5, 0.6) is 0 Å². The molecule has 5 heterocycles. The van der Waals surface area contributed by atoms with Crippen molar-refractivity contribution in [1.29, 1.82) is 0 Å². The number of H-pyrrole nitrogens is 2. The molecule has 0 atom stereocenters. The van der Waals surface area contributed by atoms with Gasteiger partial charge in [0.05, 0.1) is 34.8 Å². The van der Waals surface area contributed by atoms with E-state index in [1.54, 1.807) is 18.6 Å². The summed E-state index contributed by atoms with van der Waals surface area (Å²) in [6.07, 6.45) is 9.15. The predicted octanol–water partition coefficient (Wildman–Crippen LogP) is 2.96. The van der Waals surface area contributed by atoms with E-state index >= 15 is 0 Å². The van der Waals surface area contributed by atoms with Crippen LogP contribution < -0.4 is 26.5 Å². The summed E-state index contributed by atoms with van der Waals surface area (Å²) in [4.78, 5) is 21.3. The number of hydrogen-bond donors (Lipinski definition) is 4. The summed E-state index contributed by atoms with van der Waals surface area (Å²) in [7, 11) is 4.01. The second-order valence-corrected chi connectivity index (χ2v) is 11.2. The maximum absolute atomic E-state index is 14.6. The van der Waals surface area contributed by atoms with Crippen LogP contribution >= 0.6 is 0 Å². The molecule has 1 aromatic carbocycles. The average molecular weight is 579 g/mol. The minimum atomic E-state index is -0.322. The maximum atomic E-state index is 14.6. The molecule has 1 saturated heterocycles. The van der Waals surface area contributed by atoms with Crippen molar-refractivity contribution in [1.82, 2.24) is 35.0 Å². The highest BCUT2D eigenvalue weighted by molar-refractivity contribution is 5.96. The number of allylic oxidation sites excluding steroid dienone is 2. The molecule has 0 saturated carbocycles. The van der Waals surface area contributed by atoms with E-state index in [9.17, 15) is 4.39 Å². The van der Waals surface area contributed by atoms with Gasteiger partial charge in [-0.25, -0.2) is 9.37 Å². The molecule has 1 aliphatic heterocycles. The number of benzene rings is 1. The number of nitrogens with zero attached hydrogens (tertiary/aromatic N) is 6. The Balaban J connectivity index is 1.28. The Bertz CT molecular complexity index is 1920. The normalized spacial score (nSPS) is 14.6. The number of rotatable bonds is 9. The molecule has 0 bridgehead atoms. The third-order valence-corrected chi connectivity index (χ3v) is 7.52. The minimum absolute atomic E-state index is 0.190. The molecule has 5 N–H and O–H groups in total. The Hall–Kier alpha value is -4.87. The first kappa shape index (κ1) is 28.3. The van der Waals surface area contributed by atoms with Crippen LogP contribution in [0.3, 0.4) is 0 Å². The molecular formula is C32H35FN10. The van der Waals surface area contributed by atoms with E-state index in [-0.39, 0.29) is 11.9 Å². The fourth-order valence-corrected chi connectivity index (χ4v) is 5.09. The summed E-state index contributed by atoms with van der Waals surface area (Å²) in [5, 5.41) is 13.3. The Kier molecular flexibility index (Phi) is 7.75. The quantitative estimate of drug-likeness (QED) is 0.210. The van der Waals surface area contributed by atoms with Crippen LogP contribution in [-0.2, 0) is 0 Å². The zero-order valence-electron chi connectivity index (χ0n) is 24.5. The average Bonchev–Trinajstić information content (AvgIpc) is 3.56. The Morgan fingerprint density at radius 1 is 1.21 bits per heavy atom. The zero-order valence-corrected chi connectivity index (χ0v) is 24.5. The molecule has 5 aromatic rings. The molecule has 43 heavy (non-hydrogen) atoms. The Morgan fingerprint density at radius 3 is 2.84 bits per heavy atom. The van der Waals surface area contributed by atoms with Gasteiger partial charge in [0, 0.05) is 65.8 Å². The van der Waals surface area contributed by atoms with Crippen LogP contribution in [0.15, 0.2) is 55.0 Å². The fourth-order valence-electron chi connectivity index (χ4n) is 5.09.